The van der Waals surface area contributed by atoms with Crippen molar-refractivity contribution in [3.05, 3.63) is 70.3 Å². The first-order valence-electron chi connectivity index (χ1n) is 8.54. The summed E-state index contributed by atoms with van der Waals surface area (Å²) >= 11 is 1.63. The van der Waals surface area contributed by atoms with Crippen LogP contribution >= 0.6 is 11.8 Å². The third kappa shape index (κ3) is 6.26. The fourth-order valence-corrected chi connectivity index (χ4v) is 3.07. The lowest BCUT2D eigenvalue weighted by atomic mass is 10.1. The standard InChI is InChI=1S/C20H22F2N4S/c1-3-24-20(26-12-16-5-4-14(10-23)8-19(16)22)25-11-15-6-7-18(21)9-17(15)13-27-2/h4-9H,3,11-13H2,1-2H3,(H2,24,25,26). The highest BCUT2D eigenvalue weighted by molar-refractivity contribution is 7.97. The smallest absolute Gasteiger partial charge is 0.191 e. The van der Waals surface area contributed by atoms with Crippen molar-refractivity contribution >= 4 is 17.7 Å². The van der Waals surface area contributed by atoms with E-state index < -0.39 is 5.82 Å². The normalized spacial score (nSPS) is 11.1. The molecule has 7 heteroatoms. The van der Waals surface area contributed by atoms with Crippen LogP contribution in [0.5, 0.6) is 0 Å². The van der Waals surface area contributed by atoms with E-state index >= 15 is 0 Å². The predicted molar refractivity (Wildman–Crippen MR) is 106 cm³/mol. The van der Waals surface area contributed by atoms with E-state index in [9.17, 15) is 8.78 Å². The molecule has 2 N–H and O–H groups in total. The molecule has 142 valence electrons. The molecule has 0 amide bonds. The van der Waals surface area contributed by atoms with E-state index in [4.69, 9.17) is 5.26 Å². The molecule has 0 bridgehead atoms. The first kappa shape index (κ1) is 20.7. The molecule has 2 aromatic carbocycles. The first-order valence-corrected chi connectivity index (χ1v) is 9.93. The molecule has 27 heavy (non-hydrogen) atoms. The van der Waals surface area contributed by atoms with Gasteiger partial charge in [-0.05, 0) is 48.6 Å². The molecule has 0 unspecified atom stereocenters. The number of nitrogens with one attached hydrogen (secondary N) is 2. The van der Waals surface area contributed by atoms with E-state index in [1.54, 1.807) is 36.0 Å². The van der Waals surface area contributed by atoms with Gasteiger partial charge in [0, 0.05) is 24.4 Å². The summed E-state index contributed by atoms with van der Waals surface area (Å²) in [4.78, 5) is 4.40. The van der Waals surface area contributed by atoms with Crippen molar-refractivity contribution in [1.29, 1.82) is 5.26 Å². The van der Waals surface area contributed by atoms with Crippen molar-refractivity contribution < 1.29 is 8.78 Å². The fourth-order valence-electron chi connectivity index (χ4n) is 2.49. The Morgan fingerprint density at radius 2 is 1.89 bits per heavy atom. The van der Waals surface area contributed by atoms with Crippen molar-refractivity contribution in [3.63, 3.8) is 0 Å². The molecule has 0 aliphatic rings. The molecule has 0 atom stereocenters. The zero-order valence-electron chi connectivity index (χ0n) is 15.4. The Kier molecular flexibility index (Phi) is 8.08. The van der Waals surface area contributed by atoms with Crippen LogP contribution in [0.2, 0.25) is 0 Å². The molecular formula is C20H22F2N4S. The lowest BCUT2D eigenvalue weighted by molar-refractivity contribution is 0.609. The van der Waals surface area contributed by atoms with Crippen molar-refractivity contribution in [2.75, 3.05) is 12.8 Å². The summed E-state index contributed by atoms with van der Waals surface area (Å²) in [5, 5.41) is 15.1. The van der Waals surface area contributed by atoms with Crippen LogP contribution < -0.4 is 10.6 Å². The molecule has 0 saturated heterocycles. The lowest BCUT2D eigenvalue weighted by Crippen LogP contribution is -2.37. The molecule has 0 spiro atoms. The van der Waals surface area contributed by atoms with Gasteiger partial charge in [0.25, 0.3) is 0 Å². The Balaban J connectivity index is 2.09. The summed E-state index contributed by atoms with van der Waals surface area (Å²) < 4.78 is 27.5. The number of halogens is 2. The Morgan fingerprint density at radius 3 is 2.56 bits per heavy atom. The van der Waals surface area contributed by atoms with Gasteiger partial charge in [-0.1, -0.05) is 12.1 Å². The highest BCUT2D eigenvalue weighted by Gasteiger charge is 2.07. The van der Waals surface area contributed by atoms with Crippen LogP contribution in [0.4, 0.5) is 8.78 Å². The molecule has 0 aliphatic carbocycles. The SMILES string of the molecule is CCNC(=NCc1ccc(C#N)cc1F)NCc1ccc(F)cc1CSC. The lowest BCUT2D eigenvalue weighted by Gasteiger charge is -2.14. The maximum Gasteiger partial charge on any atom is 0.191 e. The third-order valence-electron chi connectivity index (χ3n) is 3.85. The molecular weight excluding hydrogens is 366 g/mol. The number of hydrogen-bond donors (Lipinski definition) is 2. The largest absolute Gasteiger partial charge is 0.357 e. The van der Waals surface area contributed by atoms with Gasteiger partial charge in [0.2, 0.25) is 0 Å². The Bertz CT molecular complexity index is 846. The van der Waals surface area contributed by atoms with Crippen LogP contribution in [0.3, 0.4) is 0 Å². The number of nitriles is 1. The summed E-state index contributed by atoms with van der Waals surface area (Å²) in [6.45, 7) is 3.23. The van der Waals surface area contributed by atoms with Gasteiger partial charge < -0.3 is 10.6 Å². The minimum absolute atomic E-state index is 0.147. The van der Waals surface area contributed by atoms with Crippen LogP contribution in [0.15, 0.2) is 41.4 Å². The first-order chi connectivity index (χ1) is 13.1. The van der Waals surface area contributed by atoms with Gasteiger partial charge >= 0.3 is 0 Å². The van der Waals surface area contributed by atoms with Crippen molar-refractivity contribution in [2.24, 2.45) is 4.99 Å². The van der Waals surface area contributed by atoms with Crippen LogP contribution in [-0.4, -0.2) is 18.8 Å². The second-order valence-electron chi connectivity index (χ2n) is 5.81. The number of guanidine groups is 1. The monoisotopic (exact) mass is 388 g/mol. The van der Waals surface area contributed by atoms with E-state index in [1.165, 1.54) is 12.1 Å². The molecule has 0 heterocycles. The summed E-state index contributed by atoms with van der Waals surface area (Å²) in [6.07, 6.45) is 1.97. The fraction of sp³-hybridized carbons (Fsp3) is 0.300. The molecule has 2 aromatic rings. The van der Waals surface area contributed by atoms with Gasteiger partial charge in [0.05, 0.1) is 18.2 Å². The van der Waals surface area contributed by atoms with Gasteiger partial charge in [-0.2, -0.15) is 17.0 Å². The van der Waals surface area contributed by atoms with Crippen LogP contribution in [0.1, 0.15) is 29.2 Å². The highest BCUT2D eigenvalue weighted by Crippen LogP contribution is 2.17. The Morgan fingerprint density at radius 1 is 1.11 bits per heavy atom. The van der Waals surface area contributed by atoms with Gasteiger partial charge in [-0.25, -0.2) is 13.8 Å². The topological polar surface area (TPSA) is 60.2 Å². The van der Waals surface area contributed by atoms with Gasteiger partial charge in [-0.15, -0.1) is 0 Å². The minimum atomic E-state index is -0.450. The highest BCUT2D eigenvalue weighted by atomic mass is 32.2. The van der Waals surface area contributed by atoms with Crippen LogP contribution in [-0.2, 0) is 18.8 Å². The summed E-state index contributed by atoms with van der Waals surface area (Å²) in [5.41, 5.74) is 2.61. The third-order valence-corrected chi connectivity index (χ3v) is 4.45. The zero-order chi connectivity index (χ0) is 19.6. The van der Waals surface area contributed by atoms with Gasteiger partial charge in [0.15, 0.2) is 5.96 Å². The second-order valence-corrected chi connectivity index (χ2v) is 6.68. The van der Waals surface area contributed by atoms with Crippen molar-refractivity contribution in [2.45, 2.75) is 25.8 Å². The zero-order valence-corrected chi connectivity index (χ0v) is 16.2. The maximum absolute atomic E-state index is 14.0. The number of nitrogens with zero attached hydrogens (tertiary/aromatic N) is 2. The van der Waals surface area contributed by atoms with Crippen LogP contribution in [0.25, 0.3) is 0 Å². The summed E-state index contributed by atoms with van der Waals surface area (Å²) in [7, 11) is 0. The predicted octanol–water partition coefficient (Wildman–Crippen LogP) is 3.95. The van der Waals surface area contributed by atoms with Crippen molar-refractivity contribution in [1.82, 2.24) is 10.6 Å². The minimum Gasteiger partial charge on any atom is -0.357 e. The molecule has 2 rings (SSSR count). The average molecular weight is 388 g/mol. The van der Waals surface area contributed by atoms with E-state index in [-0.39, 0.29) is 17.9 Å². The van der Waals surface area contributed by atoms with E-state index in [0.29, 0.717) is 24.6 Å². The van der Waals surface area contributed by atoms with Gasteiger partial charge in [0.1, 0.15) is 11.6 Å². The number of rotatable bonds is 7. The maximum atomic E-state index is 14.0. The number of aliphatic imine (C=N–C) groups is 1. The van der Waals surface area contributed by atoms with Gasteiger partial charge in [-0.3, -0.25) is 0 Å². The van der Waals surface area contributed by atoms with E-state index in [1.807, 2.05) is 19.2 Å². The number of benzene rings is 2. The Labute approximate surface area is 162 Å². The quantitative estimate of drug-likeness (QED) is 0.557. The summed E-state index contributed by atoms with van der Waals surface area (Å²) in [6, 6.07) is 11.0. The molecule has 0 fully saturated rings. The molecule has 0 aromatic heterocycles. The molecule has 4 nitrogen and oxygen atoms in total. The molecule has 0 aliphatic heterocycles. The van der Waals surface area contributed by atoms with Crippen LogP contribution in [0, 0.1) is 23.0 Å². The van der Waals surface area contributed by atoms with E-state index in [0.717, 1.165) is 16.9 Å². The van der Waals surface area contributed by atoms with Crippen molar-refractivity contribution in [3.8, 4) is 6.07 Å². The summed E-state index contributed by atoms with van der Waals surface area (Å²) in [5.74, 6) is 0.564. The van der Waals surface area contributed by atoms with E-state index in [2.05, 4.69) is 15.6 Å². The number of hydrogen-bond acceptors (Lipinski definition) is 3. The second kappa shape index (κ2) is 10.5. The average Bonchev–Trinajstić information content (AvgIpc) is 2.66. The Hall–Kier alpha value is -2.59. The molecule has 0 radical (unpaired) electrons. The molecule has 0 saturated carbocycles. The number of thioether (sulfide) groups is 1.